The van der Waals surface area contributed by atoms with Crippen molar-refractivity contribution in [2.24, 2.45) is 5.41 Å². The fourth-order valence-electron chi connectivity index (χ4n) is 1.12. The van der Waals surface area contributed by atoms with E-state index in [9.17, 15) is 4.79 Å². The third kappa shape index (κ3) is 4.27. The molecule has 0 heterocycles. The monoisotopic (exact) mass is 187 g/mol. The Morgan fingerprint density at radius 1 is 1.31 bits per heavy atom. The molecule has 13 heavy (non-hydrogen) atoms. The Morgan fingerprint density at radius 3 is 2.00 bits per heavy atom. The zero-order chi connectivity index (χ0) is 10.6. The molecule has 0 amide bonds. The average molecular weight is 187 g/mol. The molecule has 0 aliphatic carbocycles. The fraction of sp³-hybridized carbons (Fsp3) is 0.900. The second-order valence-corrected chi connectivity index (χ2v) is 4.64. The Morgan fingerprint density at radius 2 is 1.77 bits per heavy atom. The normalized spacial score (nSPS) is 14.4. The highest BCUT2D eigenvalue weighted by Gasteiger charge is 2.32. The third-order valence-corrected chi connectivity index (χ3v) is 1.80. The minimum absolute atomic E-state index is 0.114. The molecule has 0 aliphatic heterocycles. The van der Waals surface area contributed by atoms with E-state index >= 15 is 0 Å². The first kappa shape index (κ1) is 12.4. The topological polar surface area (TPSA) is 38.3 Å². The summed E-state index contributed by atoms with van der Waals surface area (Å²) in [5, 5.41) is 3.20. The Balaban J connectivity index is 4.47. The fourth-order valence-corrected chi connectivity index (χ4v) is 1.12. The van der Waals surface area contributed by atoms with Crippen molar-refractivity contribution in [3.05, 3.63) is 0 Å². The van der Waals surface area contributed by atoms with Gasteiger partial charge in [0.25, 0.3) is 0 Å². The van der Waals surface area contributed by atoms with Crippen LogP contribution in [0.1, 0.15) is 34.6 Å². The summed E-state index contributed by atoms with van der Waals surface area (Å²) in [6.07, 6.45) is 0. The molecule has 0 aromatic rings. The molecule has 1 unspecified atom stereocenters. The van der Waals surface area contributed by atoms with Crippen molar-refractivity contribution in [3.63, 3.8) is 0 Å². The molecule has 0 aliphatic rings. The summed E-state index contributed by atoms with van der Waals surface area (Å²) in [6.45, 7) is 10.1. The Hall–Kier alpha value is -0.570. The smallest absolute Gasteiger partial charge is 0.323 e. The van der Waals surface area contributed by atoms with Crippen LogP contribution in [0.25, 0.3) is 0 Å². The number of hydrogen-bond acceptors (Lipinski definition) is 3. The predicted octanol–water partition coefficient (Wildman–Crippen LogP) is 1.57. The van der Waals surface area contributed by atoms with E-state index in [1.807, 2.05) is 34.6 Å². The lowest BCUT2D eigenvalue weighted by molar-refractivity contribution is -0.146. The molecule has 3 heteroatoms. The molecule has 1 atom stereocenters. The van der Waals surface area contributed by atoms with Crippen LogP contribution in [0.15, 0.2) is 0 Å². The Bertz CT molecular complexity index is 170. The molecule has 0 saturated carbocycles. The van der Waals surface area contributed by atoms with E-state index in [0.29, 0.717) is 0 Å². The SMILES string of the molecule is COC(=O)C(NC(C)C)C(C)(C)C. The van der Waals surface area contributed by atoms with Gasteiger partial charge in [0.2, 0.25) is 0 Å². The first-order chi connectivity index (χ1) is 5.79. The molecule has 0 saturated heterocycles. The lowest BCUT2D eigenvalue weighted by Gasteiger charge is -2.30. The third-order valence-electron chi connectivity index (χ3n) is 1.80. The van der Waals surface area contributed by atoms with Gasteiger partial charge in [-0.05, 0) is 5.41 Å². The molecule has 0 radical (unpaired) electrons. The molecule has 78 valence electrons. The number of rotatable bonds is 3. The van der Waals surface area contributed by atoms with Gasteiger partial charge in [0, 0.05) is 6.04 Å². The molecule has 0 fully saturated rings. The van der Waals surface area contributed by atoms with Crippen LogP contribution >= 0.6 is 0 Å². The second kappa shape index (κ2) is 4.61. The van der Waals surface area contributed by atoms with Crippen molar-refractivity contribution in [1.82, 2.24) is 5.32 Å². The highest BCUT2D eigenvalue weighted by atomic mass is 16.5. The van der Waals surface area contributed by atoms with Gasteiger partial charge in [-0.15, -0.1) is 0 Å². The summed E-state index contributed by atoms with van der Waals surface area (Å²) >= 11 is 0. The molecule has 1 N–H and O–H groups in total. The minimum Gasteiger partial charge on any atom is -0.468 e. The number of methoxy groups -OCH3 is 1. The van der Waals surface area contributed by atoms with Crippen molar-refractivity contribution in [2.45, 2.75) is 46.7 Å². The summed E-state index contributed by atoms with van der Waals surface area (Å²) in [6, 6.07) is 0.0424. The number of carbonyl (C=O) groups is 1. The summed E-state index contributed by atoms with van der Waals surface area (Å²) in [5.74, 6) is -0.193. The zero-order valence-corrected chi connectivity index (χ0v) is 9.47. The minimum atomic E-state index is -0.238. The van der Waals surface area contributed by atoms with Crippen LogP contribution < -0.4 is 5.32 Å². The van der Waals surface area contributed by atoms with E-state index in [-0.39, 0.29) is 23.5 Å². The van der Waals surface area contributed by atoms with Gasteiger partial charge in [-0.25, -0.2) is 0 Å². The van der Waals surface area contributed by atoms with Gasteiger partial charge in [-0.2, -0.15) is 0 Å². The van der Waals surface area contributed by atoms with Crippen molar-refractivity contribution in [3.8, 4) is 0 Å². The maximum absolute atomic E-state index is 11.4. The van der Waals surface area contributed by atoms with Crippen LogP contribution in [-0.4, -0.2) is 25.2 Å². The molecule has 0 bridgehead atoms. The van der Waals surface area contributed by atoms with Crippen LogP contribution in [0.4, 0.5) is 0 Å². The number of hydrogen-bond donors (Lipinski definition) is 1. The molecule has 3 nitrogen and oxygen atoms in total. The van der Waals surface area contributed by atoms with Gasteiger partial charge in [-0.1, -0.05) is 34.6 Å². The molecule has 0 aromatic heterocycles. The highest BCUT2D eigenvalue weighted by molar-refractivity contribution is 5.76. The van der Waals surface area contributed by atoms with E-state index in [1.54, 1.807) is 0 Å². The van der Waals surface area contributed by atoms with Crippen molar-refractivity contribution in [1.29, 1.82) is 0 Å². The average Bonchev–Trinajstić information content (AvgIpc) is 1.96. The molecular formula is C10H21NO2. The van der Waals surface area contributed by atoms with Crippen LogP contribution in [-0.2, 0) is 9.53 Å². The second-order valence-electron chi connectivity index (χ2n) is 4.64. The van der Waals surface area contributed by atoms with Crippen molar-refractivity contribution < 1.29 is 9.53 Å². The Kier molecular flexibility index (Phi) is 4.40. The van der Waals surface area contributed by atoms with Crippen molar-refractivity contribution in [2.75, 3.05) is 7.11 Å². The number of ether oxygens (including phenoxy) is 1. The van der Waals surface area contributed by atoms with E-state index in [4.69, 9.17) is 4.74 Å². The van der Waals surface area contributed by atoms with E-state index in [1.165, 1.54) is 7.11 Å². The summed E-state index contributed by atoms with van der Waals surface area (Å²) in [5.41, 5.74) is -0.114. The first-order valence-electron chi connectivity index (χ1n) is 4.63. The van der Waals surface area contributed by atoms with Gasteiger partial charge in [0.1, 0.15) is 6.04 Å². The maximum Gasteiger partial charge on any atom is 0.323 e. The largest absolute Gasteiger partial charge is 0.468 e. The maximum atomic E-state index is 11.4. The standard InChI is InChI=1S/C10H21NO2/c1-7(2)11-8(9(12)13-6)10(3,4)5/h7-8,11H,1-6H3. The predicted molar refractivity (Wildman–Crippen MR) is 53.5 cm³/mol. The number of nitrogens with one attached hydrogen (secondary N) is 1. The van der Waals surface area contributed by atoms with E-state index in [2.05, 4.69) is 5.32 Å². The van der Waals surface area contributed by atoms with Crippen molar-refractivity contribution >= 4 is 5.97 Å². The summed E-state index contributed by atoms with van der Waals surface area (Å²) in [7, 11) is 1.42. The number of carbonyl (C=O) groups excluding carboxylic acids is 1. The Labute approximate surface area is 80.8 Å². The molecular weight excluding hydrogens is 166 g/mol. The van der Waals surface area contributed by atoms with E-state index < -0.39 is 0 Å². The van der Waals surface area contributed by atoms with Crippen LogP contribution in [0, 0.1) is 5.41 Å². The van der Waals surface area contributed by atoms with Gasteiger partial charge in [0.15, 0.2) is 0 Å². The lowest BCUT2D eigenvalue weighted by Crippen LogP contribution is -2.49. The van der Waals surface area contributed by atoms with Crippen LogP contribution in [0.5, 0.6) is 0 Å². The molecule has 0 aromatic carbocycles. The van der Waals surface area contributed by atoms with E-state index in [0.717, 1.165) is 0 Å². The summed E-state index contributed by atoms with van der Waals surface area (Å²) < 4.78 is 4.74. The summed E-state index contributed by atoms with van der Waals surface area (Å²) in [4.78, 5) is 11.4. The molecule has 0 rings (SSSR count). The van der Waals surface area contributed by atoms with Gasteiger partial charge in [0.05, 0.1) is 7.11 Å². The quantitative estimate of drug-likeness (QED) is 0.682. The van der Waals surface area contributed by atoms with Gasteiger partial charge < -0.3 is 10.1 Å². The van der Waals surface area contributed by atoms with Gasteiger partial charge >= 0.3 is 5.97 Å². The van der Waals surface area contributed by atoms with Crippen LogP contribution in [0.3, 0.4) is 0 Å². The zero-order valence-electron chi connectivity index (χ0n) is 9.47. The van der Waals surface area contributed by atoms with Crippen LogP contribution in [0.2, 0.25) is 0 Å². The number of esters is 1. The first-order valence-corrected chi connectivity index (χ1v) is 4.63. The molecule has 0 spiro atoms. The highest BCUT2D eigenvalue weighted by Crippen LogP contribution is 2.20. The van der Waals surface area contributed by atoms with Gasteiger partial charge in [-0.3, -0.25) is 4.79 Å². The lowest BCUT2D eigenvalue weighted by atomic mass is 9.86.